The minimum absolute atomic E-state index is 0.250. The minimum Gasteiger partial charge on any atom is -0.340 e. The lowest BCUT2D eigenvalue weighted by molar-refractivity contribution is 0.199. The maximum absolute atomic E-state index is 13.0. The van der Waals surface area contributed by atoms with E-state index >= 15 is 0 Å². The van der Waals surface area contributed by atoms with E-state index in [0.717, 1.165) is 6.42 Å². The van der Waals surface area contributed by atoms with Crippen molar-refractivity contribution in [3.8, 4) is 0 Å². The number of rotatable bonds is 4. The zero-order chi connectivity index (χ0) is 16.6. The second kappa shape index (κ2) is 5.86. The number of hydrogen-bond acceptors (Lipinski definition) is 5. The van der Waals surface area contributed by atoms with E-state index in [-0.39, 0.29) is 11.9 Å². The zero-order valence-electron chi connectivity index (χ0n) is 12.8. The summed E-state index contributed by atoms with van der Waals surface area (Å²) < 4.78 is 37.8. The summed E-state index contributed by atoms with van der Waals surface area (Å²) in [6, 6.07) is 7.42. The van der Waals surface area contributed by atoms with Crippen LogP contribution in [0, 0.1) is 12.7 Å². The van der Waals surface area contributed by atoms with E-state index in [4.69, 9.17) is 0 Å². The first-order valence-corrected chi connectivity index (χ1v) is 9.03. The monoisotopic (exact) mass is 336 g/mol. The molecule has 8 heteroatoms. The molecule has 1 aromatic heterocycles. The van der Waals surface area contributed by atoms with E-state index in [1.54, 1.807) is 25.1 Å². The van der Waals surface area contributed by atoms with Gasteiger partial charge in [0.15, 0.2) is 0 Å². The number of aromatic nitrogens is 2. The van der Waals surface area contributed by atoms with Crippen LogP contribution < -0.4 is 5.32 Å². The van der Waals surface area contributed by atoms with Gasteiger partial charge in [0, 0.05) is 18.3 Å². The molecule has 0 spiro atoms. The van der Waals surface area contributed by atoms with Crippen molar-refractivity contribution in [1.82, 2.24) is 14.3 Å². The standard InChI is InChI=1S/C15H17FN4O2S/c1-10-17-13(14-7-8-20(14)23(2,21)22)9-15(18-10)19-12-5-3-11(16)4-6-12/h3-6,9,14H,7-8H2,1-2H3,(H,17,18,19)/t14-/m1/s1. The highest BCUT2D eigenvalue weighted by molar-refractivity contribution is 7.88. The van der Waals surface area contributed by atoms with Gasteiger partial charge in [-0.2, -0.15) is 4.31 Å². The predicted octanol–water partition coefficient (Wildman–Crippen LogP) is 2.37. The smallest absolute Gasteiger partial charge is 0.211 e. The molecular formula is C15H17FN4O2S. The molecule has 1 aliphatic heterocycles. The van der Waals surface area contributed by atoms with Crippen molar-refractivity contribution in [2.24, 2.45) is 0 Å². The Hall–Kier alpha value is -2.06. The van der Waals surface area contributed by atoms with Crippen molar-refractivity contribution in [2.45, 2.75) is 19.4 Å². The summed E-state index contributed by atoms with van der Waals surface area (Å²) in [5.74, 6) is 0.792. The molecule has 1 fully saturated rings. The first kappa shape index (κ1) is 15.8. The van der Waals surface area contributed by atoms with Gasteiger partial charge in [0.2, 0.25) is 10.0 Å². The number of hydrogen-bond donors (Lipinski definition) is 1. The minimum atomic E-state index is -3.24. The number of anilines is 2. The molecule has 0 aliphatic carbocycles. The van der Waals surface area contributed by atoms with E-state index in [1.807, 2.05) is 0 Å². The van der Waals surface area contributed by atoms with Crippen molar-refractivity contribution in [2.75, 3.05) is 18.1 Å². The quantitative estimate of drug-likeness (QED) is 0.928. The maximum atomic E-state index is 13.0. The number of nitrogens with zero attached hydrogens (tertiary/aromatic N) is 3. The number of aryl methyl sites for hydroxylation is 1. The molecule has 2 heterocycles. The van der Waals surface area contributed by atoms with Gasteiger partial charge in [-0.05, 0) is 37.6 Å². The van der Waals surface area contributed by atoms with Gasteiger partial charge in [-0.15, -0.1) is 0 Å². The van der Waals surface area contributed by atoms with Crippen LogP contribution in [0.2, 0.25) is 0 Å². The fourth-order valence-corrected chi connectivity index (χ4v) is 3.68. The van der Waals surface area contributed by atoms with Crippen molar-refractivity contribution >= 4 is 21.5 Å². The summed E-state index contributed by atoms with van der Waals surface area (Å²) in [5, 5.41) is 3.08. The van der Waals surface area contributed by atoms with Crippen LogP contribution in [0.4, 0.5) is 15.9 Å². The van der Waals surface area contributed by atoms with Crippen LogP contribution in [-0.4, -0.2) is 35.5 Å². The number of halogens is 1. The van der Waals surface area contributed by atoms with Crippen LogP contribution in [0.25, 0.3) is 0 Å². The van der Waals surface area contributed by atoms with Crippen LogP contribution in [0.5, 0.6) is 0 Å². The van der Waals surface area contributed by atoms with E-state index in [1.165, 1.54) is 22.7 Å². The summed E-state index contributed by atoms with van der Waals surface area (Å²) in [5.41, 5.74) is 1.36. The second-order valence-electron chi connectivity index (χ2n) is 5.54. The highest BCUT2D eigenvalue weighted by Crippen LogP contribution is 2.35. The molecule has 0 bridgehead atoms. The SMILES string of the molecule is Cc1nc(Nc2ccc(F)cc2)cc([C@H]2CCN2S(C)(=O)=O)n1. The first-order chi connectivity index (χ1) is 10.8. The molecule has 1 saturated heterocycles. The van der Waals surface area contributed by atoms with Gasteiger partial charge >= 0.3 is 0 Å². The Morgan fingerprint density at radius 1 is 1.26 bits per heavy atom. The third-order valence-corrected chi connectivity index (χ3v) is 5.00. The molecule has 3 rings (SSSR count). The molecule has 2 aromatic rings. The van der Waals surface area contributed by atoms with Crippen LogP contribution in [0.15, 0.2) is 30.3 Å². The fraction of sp³-hybridized carbons (Fsp3) is 0.333. The van der Waals surface area contributed by atoms with E-state index < -0.39 is 10.0 Å². The molecule has 0 saturated carbocycles. The van der Waals surface area contributed by atoms with Crippen molar-refractivity contribution in [3.63, 3.8) is 0 Å². The highest BCUT2D eigenvalue weighted by atomic mass is 32.2. The molecule has 122 valence electrons. The van der Waals surface area contributed by atoms with Crippen molar-refractivity contribution in [3.05, 3.63) is 47.7 Å². The van der Waals surface area contributed by atoms with Crippen LogP contribution in [0.1, 0.15) is 24.0 Å². The summed E-state index contributed by atoms with van der Waals surface area (Å²) >= 11 is 0. The van der Waals surface area contributed by atoms with Crippen LogP contribution >= 0.6 is 0 Å². The molecular weight excluding hydrogens is 319 g/mol. The van der Waals surface area contributed by atoms with Gasteiger partial charge in [-0.25, -0.2) is 22.8 Å². The summed E-state index contributed by atoms with van der Waals surface area (Å²) in [7, 11) is -3.24. The lowest BCUT2D eigenvalue weighted by Crippen LogP contribution is -2.44. The molecule has 1 atom stereocenters. The van der Waals surface area contributed by atoms with Gasteiger partial charge in [-0.1, -0.05) is 0 Å². The number of sulfonamides is 1. The fourth-order valence-electron chi connectivity index (χ4n) is 2.56. The van der Waals surface area contributed by atoms with E-state index in [9.17, 15) is 12.8 Å². The Bertz CT molecular complexity index is 824. The van der Waals surface area contributed by atoms with Gasteiger partial charge in [0.25, 0.3) is 0 Å². The van der Waals surface area contributed by atoms with Gasteiger partial charge in [0.1, 0.15) is 17.5 Å². The first-order valence-electron chi connectivity index (χ1n) is 7.18. The highest BCUT2D eigenvalue weighted by Gasteiger charge is 2.37. The third-order valence-electron chi connectivity index (χ3n) is 3.71. The van der Waals surface area contributed by atoms with Gasteiger partial charge in [-0.3, -0.25) is 0 Å². The summed E-state index contributed by atoms with van der Waals surface area (Å²) in [6.45, 7) is 2.26. The van der Waals surface area contributed by atoms with Crippen molar-refractivity contribution in [1.29, 1.82) is 0 Å². The third kappa shape index (κ3) is 3.48. The zero-order valence-corrected chi connectivity index (χ0v) is 13.6. The lowest BCUT2D eigenvalue weighted by atomic mass is 10.0. The number of nitrogens with one attached hydrogen (secondary N) is 1. The van der Waals surface area contributed by atoms with Gasteiger partial charge in [0.05, 0.1) is 18.0 Å². The average Bonchev–Trinajstić information content (AvgIpc) is 2.37. The molecule has 0 unspecified atom stereocenters. The lowest BCUT2D eigenvalue weighted by Gasteiger charge is -2.38. The Morgan fingerprint density at radius 2 is 1.96 bits per heavy atom. The van der Waals surface area contributed by atoms with Gasteiger partial charge < -0.3 is 5.32 Å². The summed E-state index contributed by atoms with van der Waals surface area (Å²) in [6.07, 6.45) is 1.93. The number of benzene rings is 1. The summed E-state index contributed by atoms with van der Waals surface area (Å²) in [4.78, 5) is 8.65. The second-order valence-corrected chi connectivity index (χ2v) is 7.47. The molecule has 23 heavy (non-hydrogen) atoms. The Kier molecular flexibility index (Phi) is 4.03. The molecule has 0 amide bonds. The molecule has 1 aromatic carbocycles. The van der Waals surface area contributed by atoms with Crippen LogP contribution in [0.3, 0.4) is 0 Å². The molecule has 0 radical (unpaired) electrons. The topological polar surface area (TPSA) is 75.2 Å². The molecule has 1 aliphatic rings. The van der Waals surface area contributed by atoms with E-state index in [0.29, 0.717) is 29.6 Å². The van der Waals surface area contributed by atoms with Crippen molar-refractivity contribution < 1.29 is 12.8 Å². The average molecular weight is 336 g/mol. The normalized spacial score (nSPS) is 18.5. The predicted molar refractivity (Wildman–Crippen MR) is 85.4 cm³/mol. The Labute approximate surface area is 134 Å². The van der Waals surface area contributed by atoms with Crippen LogP contribution in [-0.2, 0) is 10.0 Å². The molecule has 6 nitrogen and oxygen atoms in total. The largest absolute Gasteiger partial charge is 0.340 e. The maximum Gasteiger partial charge on any atom is 0.211 e. The Balaban J connectivity index is 1.86. The van der Waals surface area contributed by atoms with E-state index in [2.05, 4.69) is 15.3 Å². The Morgan fingerprint density at radius 3 is 2.52 bits per heavy atom. The molecule has 1 N–H and O–H groups in total.